The van der Waals surface area contributed by atoms with E-state index in [2.05, 4.69) is 67.1 Å². The lowest BCUT2D eigenvalue weighted by Gasteiger charge is -2.15. The molecule has 1 aromatic heterocycles. The second-order valence-corrected chi connectivity index (χ2v) is 6.97. The number of nitrogens with one attached hydrogen (secondary N) is 1. The Labute approximate surface area is 160 Å². The Bertz CT molecular complexity index is 991. The van der Waals surface area contributed by atoms with Gasteiger partial charge in [0.2, 0.25) is 0 Å². The standard InChI is InChI=1S/C23H25N3O/c1-15-9-11-20(12-10-15)23(27)25-24-14-21-13-18(4)26(19(21)5)22-16(2)7-6-8-17(22)3/h6-14H,1-5H3,(H,25,27)/b24-14-. The van der Waals surface area contributed by atoms with Crippen LogP contribution in [-0.2, 0) is 0 Å². The number of hydrogen-bond acceptors (Lipinski definition) is 2. The molecule has 4 nitrogen and oxygen atoms in total. The van der Waals surface area contributed by atoms with E-state index in [4.69, 9.17) is 0 Å². The van der Waals surface area contributed by atoms with E-state index in [0.29, 0.717) is 5.56 Å². The SMILES string of the molecule is Cc1ccc(C(=O)N/N=C\c2cc(C)n(-c3c(C)cccc3C)c2C)cc1. The van der Waals surface area contributed by atoms with Crippen LogP contribution in [0.1, 0.15) is 44.0 Å². The van der Waals surface area contributed by atoms with Crippen molar-refractivity contribution < 1.29 is 4.79 Å². The maximum absolute atomic E-state index is 12.2. The first-order valence-electron chi connectivity index (χ1n) is 9.04. The lowest BCUT2D eigenvalue weighted by atomic mass is 10.1. The highest BCUT2D eigenvalue weighted by Crippen LogP contribution is 2.25. The van der Waals surface area contributed by atoms with E-state index in [0.717, 1.165) is 22.5 Å². The predicted molar refractivity (Wildman–Crippen MR) is 111 cm³/mol. The van der Waals surface area contributed by atoms with Crippen LogP contribution in [0.4, 0.5) is 0 Å². The second kappa shape index (κ2) is 7.62. The average Bonchev–Trinajstić information content (AvgIpc) is 2.90. The van der Waals surface area contributed by atoms with E-state index < -0.39 is 0 Å². The minimum Gasteiger partial charge on any atom is -0.317 e. The fourth-order valence-corrected chi connectivity index (χ4v) is 3.35. The lowest BCUT2D eigenvalue weighted by molar-refractivity contribution is 0.0955. The maximum Gasteiger partial charge on any atom is 0.271 e. The number of para-hydroxylation sites is 1. The molecular formula is C23H25N3O. The molecule has 1 amide bonds. The summed E-state index contributed by atoms with van der Waals surface area (Å²) in [6.07, 6.45) is 1.71. The summed E-state index contributed by atoms with van der Waals surface area (Å²) in [6.45, 7) is 10.4. The molecule has 0 aliphatic carbocycles. The summed E-state index contributed by atoms with van der Waals surface area (Å²) < 4.78 is 2.24. The molecule has 0 aliphatic heterocycles. The molecule has 0 unspecified atom stereocenters. The second-order valence-electron chi connectivity index (χ2n) is 6.97. The molecule has 2 aromatic carbocycles. The topological polar surface area (TPSA) is 46.4 Å². The summed E-state index contributed by atoms with van der Waals surface area (Å²) in [5, 5.41) is 4.16. The van der Waals surface area contributed by atoms with E-state index in [-0.39, 0.29) is 5.91 Å². The largest absolute Gasteiger partial charge is 0.317 e. The van der Waals surface area contributed by atoms with Crippen molar-refractivity contribution in [2.24, 2.45) is 5.10 Å². The number of carbonyl (C=O) groups is 1. The minimum absolute atomic E-state index is 0.213. The molecule has 0 aliphatic rings. The third-order valence-corrected chi connectivity index (χ3v) is 4.82. The Kier molecular flexibility index (Phi) is 5.26. The Morgan fingerprint density at radius 1 is 0.963 bits per heavy atom. The van der Waals surface area contributed by atoms with Crippen molar-refractivity contribution in [3.05, 3.63) is 87.7 Å². The highest BCUT2D eigenvalue weighted by molar-refractivity contribution is 5.95. The van der Waals surface area contributed by atoms with Crippen molar-refractivity contribution in [3.63, 3.8) is 0 Å². The average molecular weight is 359 g/mol. The third-order valence-electron chi connectivity index (χ3n) is 4.82. The minimum atomic E-state index is -0.213. The maximum atomic E-state index is 12.2. The Morgan fingerprint density at radius 2 is 1.59 bits per heavy atom. The van der Waals surface area contributed by atoms with Gasteiger partial charge in [0.05, 0.1) is 11.9 Å². The molecule has 1 heterocycles. The molecule has 27 heavy (non-hydrogen) atoms. The van der Waals surface area contributed by atoms with Crippen molar-refractivity contribution in [3.8, 4) is 5.69 Å². The van der Waals surface area contributed by atoms with Gasteiger partial charge < -0.3 is 4.57 Å². The first kappa shape index (κ1) is 18.6. The normalized spacial score (nSPS) is 11.1. The molecule has 3 rings (SSSR count). The zero-order chi connectivity index (χ0) is 19.6. The van der Waals surface area contributed by atoms with Gasteiger partial charge in [-0.15, -0.1) is 0 Å². The Hall–Kier alpha value is -3.14. The fraction of sp³-hybridized carbons (Fsp3) is 0.217. The van der Waals surface area contributed by atoms with Crippen LogP contribution in [0.3, 0.4) is 0 Å². The summed E-state index contributed by atoms with van der Waals surface area (Å²) in [7, 11) is 0. The summed E-state index contributed by atoms with van der Waals surface area (Å²) >= 11 is 0. The number of carbonyl (C=O) groups excluding carboxylic acids is 1. The zero-order valence-corrected chi connectivity index (χ0v) is 16.5. The van der Waals surface area contributed by atoms with Crippen molar-refractivity contribution in [1.29, 1.82) is 0 Å². The predicted octanol–water partition coefficient (Wildman–Crippen LogP) is 4.78. The Morgan fingerprint density at radius 3 is 2.22 bits per heavy atom. The Balaban J connectivity index is 1.83. The molecule has 3 aromatic rings. The number of benzene rings is 2. The van der Waals surface area contributed by atoms with Crippen LogP contribution in [0.5, 0.6) is 0 Å². The van der Waals surface area contributed by atoms with Gasteiger partial charge in [-0.3, -0.25) is 4.79 Å². The van der Waals surface area contributed by atoms with Gasteiger partial charge in [0.15, 0.2) is 0 Å². The molecule has 0 atom stereocenters. The van der Waals surface area contributed by atoms with E-state index in [1.165, 1.54) is 16.8 Å². The highest BCUT2D eigenvalue weighted by atomic mass is 16.2. The molecule has 1 N–H and O–H groups in total. The van der Waals surface area contributed by atoms with Crippen molar-refractivity contribution in [2.75, 3.05) is 0 Å². The number of nitrogens with zero attached hydrogens (tertiary/aromatic N) is 2. The van der Waals surface area contributed by atoms with Gasteiger partial charge in [-0.25, -0.2) is 5.43 Å². The van der Waals surface area contributed by atoms with E-state index >= 15 is 0 Å². The number of hydrogen-bond donors (Lipinski definition) is 1. The van der Waals surface area contributed by atoms with Gasteiger partial charge in [-0.2, -0.15) is 5.10 Å². The number of aryl methyl sites for hydroxylation is 4. The van der Waals surface area contributed by atoms with E-state index in [9.17, 15) is 4.79 Å². The summed E-state index contributed by atoms with van der Waals surface area (Å²) in [5.41, 5.74) is 11.2. The molecule has 0 saturated heterocycles. The van der Waals surface area contributed by atoms with Gasteiger partial charge in [-0.1, -0.05) is 35.9 Å². The van der Waals surface area contributed by atoms with Crippen LogP contribution >= 0.6 is 0 Å². The third kappa shape index (κ3) is 3.85. The fourth-order valence-electron chi connectivity index (χ4n) is 3.35. The first-order valence-corrected chi connectivity index (χ1v) is 9.04. The van der Waals surface area contributed by atoms with Crippen LogP contribution in [0.2, 0.25) is 0 Å². The quantitative estimate of drug-likeness (QED) is 0.529. The summed E-state index contributed by atoms with van der Waals surface area (Å²) in [6, 6.07) is 15.8. The molecule has 0 radical (unpaired) electrons. The van der Waals surface area contributed by atoms with Crippen molar-refractivity contribution in [1.82, 2.24) is 9.99 Å². The molecule has 4 heteroatoms. The van der Waals surface area contributed by atoms with Crippen molar-refractivity contribution in [2.45, 2.75) is 34.6 Å². The van der Waals surface area contributed by atoms with Gasteiger partial charge in [0.25, 0.3) is 5.91 Å². The lowest BCUT2D eigenvalue weighted by Crippen LogP contribution is -2.17. The van der Waals surface area contributed by atoms with Crippen LogP contribution in [0.15, 0.2) is 53.6 Å². The molecule has 0 saturated carbocycles. The smallest absolute Gasteiger partial charge is 0.271 e. The number of amides is 1. The van der Waals surface area contributed by atoms with E-state index in [1.807, 2.05) is 19.1 Å². The van der Waals surface area contributed by atoms with E-state index in [1.54, 1.807) is 18.3 Å². The zero-order valence-electron chi connectivity index (χ0n) is 16.5. The van der Waals surface area contributed by atoms with Gasteiger partial charge >= 0.3 is 0 Å². The van der Waals surface area contributed by atoms with Crippen LogP contribution < -0.4 is 5.43 Å². The van der Waals surface area contributed by atoms with Gasteiger partial charge in [-0.05, 0) is 63.9 Å². The highest BCUT2D eigenvalue weighted by Gasteiger charge is 2.13. The summed E-state index contributed by atoms with van der Waals surface area (Å²) in [5.74, 6) is -0.213. The van der Waals surface area contributed by atoms with Gasteiger partial charge in [0, 0.05) is 22.5 Å². The van der Waals surface area contributed by atoms with Crippen LogP contribution in [0.25, 0.3) is 5.69 Å². The number of rotatable bonds is 4. The number of aromatic nitrogens is 1. The molecule has 0 fully saturated rings. The number of hydrazone groups is 1. The molecule has 138 valence electrons. The molecule has 0 bridgehead atoms. The molecule has 0 spiro atoms. The van der Waals surface area contributed by atoms with Crippen LogP contribution in [0, 0.1) is 34.6 Å². The van der Waals surface area contributed by atoms with Crippen molar-refractivity contribution >= 4 is 12.1 Å². The first-order chi connectivity index (χ1) is 12.9. The van der Waals surface area contributed by atoms with Gasteiger partial charge in [0.1, 0.15) is 0 Å². The molecular weight excluding hydrogens is 334 g/mol. The monoisotopic (exact) mass is 359 g/mol. The van der Waals surface area contributed by atoms with Crippen LogP contribution in [-0.4, -0.2) is 16.7 Å². The summed E-state index contributed by atoms with van der Waals surface area (Å²) in [4.78, 5) is 12.2.